The monoisotopic (exact) mass is 505 g/mol. The molecule has 0 radical (unpaired) electrons. The molecule has 3 aromatic carbocycles. The Bertz CT molecular complexity index is 1470. The van der Waals surface area contributed by atoms with Crippen LogP contribution in [-0.2, 0) is 4.74 Å². The number of aliphatic hydroxyl groups excluding tert-OH is 1. The van der Waals surface area contributed by atoms with E-state index in [2.05, 4.69) is 25.6 Å². The van der Waals surface area contributed by atoms with Crippen LogP contribution in [0, 0.1) is 5.82 Å². The van der Waals surface area contributed by atoms with Gasteiger partial charge in [0.15, 0.2) is 0 Å². The van der Waals surface area contributed by atoms with E-state index in [0.29, 0.717) is 46.9 Å². The van der Waals surface area contributed by atoms with Gasteiger partial charge in [0, 0.05) is 23.2 Å². The third-order valence-electron chi connectivity index (χ3n) is 6.12. The van der Waals surface area contributed by atoms with Crippen molar-refractivity contribution >= 4 is 45.7 Å². The predicted octanol–water partition coefficient (Wildman–Crippen LogP) is 5.65. The number of anilines is 3. The Morgan fingerprint density at radius 3 is 2.58 bits per heavy atom. The lowest BCUT2D eigenvalue weighted by Gasteiger charge is -2.13. The van der Waals surface area contributed by atoms with Crippen LogP contribution >= 0.6 is 11.6 Å². The Hall–Kier alpha value is -3.95. The third-order valence-corrected chi connectivity index (χ3v) is 6.41. The molecule has 1 aliphatic heterocycles. The second-order valence-electron chi connectivity index (χ2n) is 8.69. The lowest BCUT2D eigenvalue weighted by molar-refractivity contribution is 0.148. The highest BCUT2D eigenvalue weighted by Crippen LogP contribution is 2.34. The van der Waals surface area contributed by atoms with E-state index in [1.54, 1.807) is 12.1 Å². The van der Waals surface area contributed by atoms with Gasteiger partial charge in [-0.3, -0.25) is 0 Å². The maximum absolute atomic E-state index is 13.1. The molecule has 1 aromatic heterocycles. The molecule has 0 unspecified atom stereocenters. The van der Waals surface area contributed by atoms with Crippen molar-refractivity contribution in [2.45, 2.75) is 31.1 Å². The number of amidine groups is 1. The fraction of sp³-hybridized carbons (Fsp3) is 0.192. The summed E-state index contributed by atoms with van der Waals surface area (Å²) < 4.78 is 24.8. The third kappa shape index (κ3) is 4.62. The number of nitrogens with zero attached hydrogens (tertiary/aromatic N) is 3. The van der Waals surface area contributed by atoms with Gasteiger partial charge >= 0.3 is 0 Å². The molecule has 3 N–H and O–H groups in total. The standard InChI is InChI=1S/C26H21ClFN5O3/c27-20-10-16(4-8-23(20)35-18-5-1-14(28)2-6-18)31-25-19-9-15(3-7-21(19)29-13-30-25)32-26-33-22-11-17(34)12-24(22)36-26/h1-10,13,17,22,24,34H,11-12H2,(H,32,33)(H,29,30,31)/t17-,22-,24+/m1/s1. The zero-order chi connectivity index (χ0) is 24.6. The van der Waals surface area contributed by atoms with Crippen molar-refractivity contribution in [2.75, 3.05) is 10.6 Å². The highest BCUT2D eigenvalue weighted by Gasteiger charge is 2.40. The molecule has 2 heterocycles. The van der Waals surface area contributed by atoms with E-state index in [1.165, 1.54) is 30.6 Å². The number of nitrogens with one attached hydrogen (secondary N) is 2. The number of rotatable bonds is 5. The van der Waals surface area contributed by atoms with Crippen LogP contribution in [0.4, 0.5) is 21.6 Å². The van der Waals surface area contributed by atoms with E-state index in [9.17, 15) is 9.50 Å². The summed E-state index contributed by atoms with van der Waals surface area (Å²) in [6, 6.07) is 17.1. The average molecular weight is 506 g/mol. The van der Waals surface area contributed by atoms with Gasteiger partial charge in [-0.2, -0.15) is 0 Å². The minimum atomic E-state index is -0.353. The van der Waals surface area contributed by atoms with E-state index in [4.69, 9.17) is 21.1 Å². The molecule has 4 aromatic rings. The number of aromatic nitrogens is 2. The van der Waals surface area contributed by atoms with Crippen LogP contribution in [0.3, 0.4) is 0 Å². The number of hydrogen-bond donors (Lipinski definition) is 3. The van der Waals surface area contributed by atoms with Crippen LogP contribution in [0.1, 0.15) is 12.8 Å². The average Bonchev–Trinajstić information content (AvgIpc) is 3.39. The summed E-state index contributed by atoms with van der Waals surface area (Å²) in [6.45, 7) is 0. The number of fused-ring (bicyclic) bond motifs is 2. The molecule has 0 spiro atoms. The molecule has 1 aliphatic carbocycles. The number of halogens is 2. The maximum Gasteiger partial charge on any atom is 0.289 e. The SMILES string of the molecule is O[C@H]1C[C@@H]2OC(Nc3ccc4ncnc(Nc5ccc(Oc6ccc(F)cc6)c(Cl)c5)c4c3)=N[C@@H]2C1. The molecule has 0 bridgehead atoms. The number of ether oxygens (including phenoxy) is 2. The van der Waals surface area contributed by atoms with Crippen molar-refractivity contribution < 1.29 is 19.0 Å². The molecular formula is C26H21ClFN5O3. The van der Waals surface area contributed by atoms with Gasteiger partial charge in [0.1, 0.15) is 35.6 Å². The van der Waals surface area contributed by atoms with Gasteiger partial charge in [0.25, 0.3) is 6.02 Å². The molecule has 8 nitrogen and oxygen atoms in total. The summed E-state index contributed by atoms with van der Waals surface area (Å²) >= 11 is 6.44. The molecule has 182 valence electrons. The van der Waals surface area contributed by atoms with Crippen molar-refractivity contribution in [2.24, 2.45) is 4.99 Å². The Morgan fingerprint density at radius 2 is 1.78 bits per heavy atom. The summed E-state index contributed by atoms with van der Waals surface area (Å²) in [5.41, 5.74) is 2.25. The van der Waals surface area contributed by atoms with Gasteiger partial charge in [-0.05, 0) is 67.1 Å². The highest BCUT2D eigenvalue weighted by molar-refractivity contribution is 6.32. The molecule has 0 amide bonds. The number of hydrogen-bond acceptors (Lipinski definition) is 8. The Labute approximate surface area is 210 Å². The first-order chi connectivity index (χ1) is 17.5. The molecule has 2 aliphatic rings. The van der Waals surface area contributed by atoms with Crippen LogP contribution < -0.4 is 15.4 Å². The zero-order valence-corrected chi connectivity index (χ0v) is 19.6. The van der Waals surface area contributed by atoms with Crippen molar-refractivity contribution in [3.63, 3.8) is 0 Å². The molecule has 1 fully saturated rings. The van der Waals surface area contributed by atoms with Crippen LogP contribution in [-0.4, -0.2) is 39.3 Å². The fourth-order valence-electron chi connectivity index (χ4n) is 4.39. The van der Waals surface area contributed by atoms with Gasteiger partial charge in [-0.1, -0.05) is 11.6 Å². The van der Waals surface area contributed by atoms with Crippen molar-refractivity contribution in [1.29, 1.82) is 0 Å². The minimum absolute atomic E-state index is 0.0109. The molecule has 3 atom stereocenters. The minimum Gasteiger partial charge on any atom is -0.459 e. The largest absolute Gasteiger partial charge is 0.459 e. The van der Waals surface area contributed by atoms with Crippen LogP contribution in [0.2, 0.25) is 5.02 Å². The summed E-state index contributed by atoms with van der Waals surface area (Å²) in [7, 11) is 0. The molecule has 6 rings (SSSR count). The number of benzene rings is 3. The maximum atomic E-state index is 13.1. The summed E-state index contributed by atoms with van der Waals surface area (Å²) in [4.78, 5) is 13.3. The lowest BCUT2D eigenvalue weighted by atomic mass is 10.2. The Morgan fingerprint density at radius 1 is 0.972 bits per heavy atom. The summed E-state index contributed by atoms with van der Waals surface area (Å²) in [5.74, 6) is 1.19. The molecular weight excluding hydrogens is 485 g/mol. The predicted molar refractivity (Wildman–Crippen MR) is 136 cm³/mol. The second-order valence-corrected chi connectivity index (χ2v) is 9.10. The Balaban J connectivity index is 1.21. The van der Waals surface area contributed by atoms with E-state index in [0.717, 1.165) is 16.6 Å². The molecule has 0 saturated heterocycles. The quantitative estimate of drug-likeness (QED) is 0.322. The van der Waals surface area contributed by atoms with Crippen LogP contribution in [0.25, 0.3) is 10.9 Å². The summed E-state index contributed by atoms with van der Waals surface area (Å²) in [6.07, 6.45) is 2.26. The van der Waals surface area contributed by atoms with Crippen LogP contribution in [0.15, 0.2) is 72.0 Å². The topological polar surface area (TPSA) is 101 Å². The Kier molecular flexibility index (Phi) is 5.79. The second kappa shape index (κ2) is 9.25. The van der Waals surface area contributed by atoms with Crippen molar-refractivity contribution in [3.05, 3.63) is 77.8 Å². The fourth-order valence-corrected chi connectivity index (χ4v) is 4.60. The van der Waals surface area contributed by atoms with Gasteiger partial charge in [-0.15, -0.1) is 0 Å². The van der Waals surface area contributed by atoms with Crippen molar-refractivity contribution in [1.82, 2.24) is 9.97 Å². The van der Waals surface area contributed by atoms with Gasteiger partial charge in [-0.25, -0.2) is 19.4 Å². The molecule has 1 saturated carbocycles. The first-order valence-electron chi connectivity index (χ1n) is 11.4. The van der Waals surface area contributed by atoms with E-state index in [1.807, 2.05) is 24.3 Å². The highest BCUT2D eigenvalue weighted by atomic mass is 35.5. The van der Waals surface area contributed by atoms with Crippen LogP contribution in [0.5, 0.6) is 11.5 Å². The smallest absolute Gasteiger partial charge is 0.289 e. The van der Waals surface area contributed by atoms with Gasteiger partial charge in [0.2, 0.25) is 0 Å². The van der Waals surface area contributed by atoms with E-state index in [-0.39, 0.29) is 24.1 Å². The van der Waals surface area contributed by atoms with E-state index >= 15 is 0 Å². The zero-order valence-electron chi connectivity index (χ0n) is 18.9. The summed E-state index contributed by atoms with van der Waals surface area (Å²) in [5, 5.41) is 17.4. The molecule has 36 heavy (non-hydrogen) atoms. The van der Waals surface area contributed by atoms with Gasteiger partial charge in [0.05, 0.1) is 22.7 Å². The number of aliphatic hydroxyl groups is 1. The lowest BCUT2D eigenvalue weighted by Crippen LogP contribution is -2.19. The molecule has 10 heteroatoms. The normalized spacial score (nSPS) is 20.5. The first-order valence-corrected chi connectivity index (χ1v) is 11.8. The first kappa shape index (κ1) is 22.5. The van der Waals surface area contributed by atoms with E-state index < -0.39 is 0 Å². The van der Waals surface area contributed by atoms with Gasteiger partial charge < -0.3 is 25.2 Å². The van der Waals surface area contributed by atoms with Crippen molar-refractivity contribution in [3.8, 4) is 11.5 Å². The number of aliphatic imine (C=N–C) groups is 1.